The van der Waals surface area contributed by atoms with Crippen molar-refractivity contribution < 1.29 is 14.0 Å². The van der Waals surface area contributed by atoms with Gasteiger partial charge >= 0.3 is 7.12 Å². The zero-order valence-corrected chi connectivity index (χ0v) is 16.0. The molecule has 1 aliphatic carbocycles. The van der Waals surface area contributed by atoms with Gasteiger partial charge in [0.2, 0.25) is 0 Å². The minimum atomic E-state index is -0.449. The molecule has 2 fully saturated rings. The van der Waals surface area contributed by atoms with E-state index in [1.165, 1.54) is 32.1 Å². The molecular formula is C19H28BClO3. The maximum absolute atomic E-state index is 6.22. The molecule has 1 heterocycles. The van der Waals surface area contributed by atoms with Crippen LogP contribution in [0.1, 0.15) is 59.8 Å². The average Bonchev–Trinajstić information content (AvgIpc) is 2.75. The second-order valence-corrected chi connectivity index (χ2v) is 8.52. The molecule has 1 aromatic carbocycles. The molecule has 3 nitrogen and oxygen atoms in total. The number of halogens is 1. The molecule has 0 atom stereocenters. The molecule has 1 saturated carbocycles. The van der Waals surface area contributed by atoms with E-state index in [0.717, 1.165) is 17.8 Å². The topological polar surface area (TPSA) is 27.7 Å². The summed E-state index contributed by atoms with van der Waals surface area (Å²) in [5.74, 6) is 1.48. The Labute approximate surface area is 151 Å². The minimum absolute atomic E-state index is 0.374. The fourth-order valence-electron chi connectivity index (χ4n) is 3.37. The monoisotopic (exact) mass is 350 g/mol. The number of hydrogen-bond donors (Lipinski definition) is 0. The Hall–Kier alpha value is -0.705. The first-order chi connectivity index (χ1) is 11.3. The van der Waals surface area contributed by atoms with Crippen LogP contribution in [0.25, 0.3) is 0 Å². The summed E-state index contributed by atoms with van der Waals surface area (Å²) in [6.07, 6.45) is 6.52. The molecule has 5 heteroatoms. The van der Waals surface area contributed by atoms with E-state index in [-0.39, 0.29) is 11.2 Å². The van der Waals surface area contributed by atoms with Crippen molar-refractivity contribution in [3.8, 4) is 5.75 Å². The largest absolute Gasteiger partial charge is 0.498 e. The van der Waals surface area contributed by atoms with Gasteiger partial charge in [0.25, 0.3) is 0 Å². The van der Waals surface area contributed by atoms with E-state index in [9.17, 15) is 0 Å². The van der Waals surface area contributed by atoms with E-state index >= 15 is 0 Å². The Morgan fingerprint density at radius 3 is 2.33 bits per heavy atom. The molecule has 1 aliphatic heterocycles. The van der Waals surface area contributed by atoms with Crippen molar-refractivity contribution in [1.82, 2.24) is 0 Å². The quantitative estimate of drug-likeness (QED) is 0.743. The normalized spacial score (nSPS) is 23.5. The summed E-state index contributed by atoms with van der Waals surface area (Å²) in [6.45, 7) is 8.98. The summed E-state index contributed by atoms with van der Waals surface area (Å²) in [6, 6.07) is 5.71. The molecule has 24 heavy (non-hydrogen) atoms. The van der Waals surface area contributed by atoms with Crippen molar-refractivity contribution in [3.05, 3.63) is 23.2 Å². The molecule has 1 aromatic rings. The summed E-state index contributed by atoms with van der Waals surface area (Å²) in [7, 11) is -0.449. The predicted octanol–water partition coefficient (Wildman–Crippen LogP) is 4.60. The average molecular weight is 351 g/mol. The lowest BCUT2D eigenvalue weighted by atomic mass is 9.78. The van der Waals surface area contributed by atoms with Crippen LogP contribution < -0.4 is 10.2 Å². The second kappa shape index (κ2) is 6.89. The zero-order chi connectivity index (χ0) is 17.4. The van der Waals surface area contributed by atoms with Crippen LogP contribution in [0, 0.1) is 5.92 Å². The Morgan fingerprint density at radius 2 is 1.71 bits per heavy atom. The van der Waals surface area contributed by atoms with Crippen molar-refractivity contribution in [2.75, 3.05) is 6.61 Å². The van der Waals surface area contributed by atoms with Crippen LogP contribution in [-0.4, -0.2) is 24.9 Å². The lowest BCUT2D eigenvalue weighted by Gasteiger charge is -2.32. The Morgan fingerprint density at radius 1 is 1.08 bits per heavy atom. The van der Waals surface area contributed by atoms with Crippen LogP contribution in [0.4, 0.5) is 0 Å². The van der Waals surface area contributed by atoms with E-state index in [1.54, 1.807) is 0 Å². The number of benzene rings is 1. The van der Waals surface area contributed by atoms with Crippen molar-refractivity contribution in [3.63, 3.8) is 0 Å². The van der Waals surface area contributed by atoms with Gasteiger partial charge in [-0.05, 0) is 64.7 Å². The summed E-state index contributed by atoms with van der Waals surface area (Å²) in [4.78, 5) is 0. The van der Waals surface area contributed by atoms with Gasteiger partial charge < -0.3 is 14.0 Å². The first kappa shape index (κ1) is 18.1. The van der Waals surface area contributed by atoms with Crippen LogP contribution in [0.5, 0.6) is 5.75 Å². The van der Waals surface area contributed by atoms with Crippen LogP contribution in [0.2, 0.25) is 5.02 Å². The smallest absolute Gasteiger partial charge is 0.494 e. The zero-order valence-electron chi connectivity index (χ0n) is 15.2. The lowest BCUT2D eigenvalue weighted by Crippen LogP contribution is -2.41. The fourth-order valence-corrected chi connectivity index (χ4v) is 3.55. The second-order valence-electron chi connectivity index (χ2n) is 8.09. The standard InChI is InChI=1S/C19H28BClO3/c1-18(2)19(3,4)24-20(23-18)16-12-15(21)10-11-17(16)22-13-14-8-6-5-7-9-14/h10-12,14H,5-9,13H2,1-4H3. The minimum Gasteiger partial charge on any atom is -0.494 e. The van der Waals surface area contributed by atoms with Gasteiger partial charge in [-0.3, -0.25) is 0 Å². The van der Waals surface area contributed by atoms with E-state index in [2.05, 4.69) is 27.7 Å². The molecule has 0 radical (unpaired) electrons. The van der Waals surface area contributed by atoms with Gasteiger partial charge in [0.05, 0.1) is 17.8 Å². The van der Waals surface area contributed by atoms with Gasteiger partial charge in [-0.15, -0.1) is 0 Å². The fraction of sp³-hybridized carbons (Fsp3) is 0.684. The molecule has 2 aliphatic rings. The van der Waals surface area contributed by atoms with E-state index < -0.39 is 7.12 Å². The molecule has 0 aromatic heterocycles. The maximum atomic E-state index is 6.22. The van der Waals surface area contributed by atoms with E-state index in [0.29, 0.717) is 10.9 Å². The Bertz CT molecular complexity index is 566. The summed E-state index contributed by atoms with van der Waals surface area (Å²) in [5.41, 5.74) is 0.137. The highest BCUT2D eigenvalue weighted by Crippen LogP contribution is 2.37. The highest BCUT2D eigenvalue weighted by atomic mass is 35.5. The molecule has 0 N–H and O–H groups in total. The van der Waals surface area contributed by atoms with Crippen molar-refractivity contribution in [2.45, 2.75) is 71.0 Å². The Balaban J connectivity index is 1.76. The molecular weight excluding hydrogens is 322 g/mol. The van der Waals surface area contributed by atoms with E-state index in [4.69, 9.17) is 25.6 Å². The summed E-state index contributed by atoms with van der Waals surface area (Å²) in [5, 5.41) is 0.671. The SMILES string of the molecule is CC1(C)OB(c2cc(Cl)ccc2OCC2CCCCC2)OC1(C)C. The van der Waals surface area contributed by atoms with Crippen LogP contribution in [0.3, 0.4) is 0 Å². The van der Waals surface area contributed by atoms with Gasteiger partial charge in [0.1, 0.15) is 5.75 Å². The molecule has 3 rings (SSSR count). The highest BCUT2D eigenvalue weighted by Gasteiger charge is 2.52. The first-order valence-electron chi connectivity index (χ1n) is 9.06. The van der Waals surface area contributed by atoms with Gasteiger partial charge in [0.15, 0.2) is 0 Å². The van der Waals surface area contributed by atoms with Gasteiger partial charge in [-0.1, -0.05) is 30.9 Å². The number of ether oxygens (including phenoxy) is 1. The summed E-state index contributed by atoms with van der Waals surface area (Å²) >= 11 is 6.22. The van der Waals surface area contributed by atoms with Crippen molar-refractivity contribution in [2.24, 2.45) is 5.92 Å². The van der Waals surface area contributed by atoms with Gasteiger partial charge in [-0.25, -0.2) is 0 Å². The summed E-state index contributed by atoms with van der Waals surface area (Å²) < 4.78 is 18.5. The third-order valence-electron chi connectivity index (χ3n) is 5.68. The van der Waals surface area contributed by atoms with Crippen LogP contribution >= 0.6 is 11.6 Å². The van der Waals surface area contributed by atoms with E-state index in [1.807, 2.05) is 18.2 Å². The molecule has 0 unspecified atom stereocenters. The maximum Gasteiger partial charge on any atom is 0.498 e. The molecule has 0 amide bonds. The third kappa shape index (κ3) is 3.76. The predicted molar refractivity (Wildman–Crippen MR) is 99.2 cm³/mol. The number of rotatable bonds is 4. The molecule has 0 bridgehead atoms. The first-order valence-corrected chi connectivity index (χ1v) is 9.44. The molecule has 132 valence electrons. The Kier molecular flexibility index (Phi) is 5.20. The lowest BCUT2D eigenvalue weighted by molar-refractivity contribution is 0.00578. The van der Waals surface area contributed by atoms with Crippen molar-refractivity contribution in [1.29, 1.82) is 0 Å². The highest BCUT2D eigenvalue weighted by molar-refractivity contribution is 6.63. The van der Waals surface area contributed by atoms with Gasteiger partial charge in [-0.2, -0.15) is 0 Å². The van der Waals surface area contributed by atoms with Crippen LogP contribution in [0.15, 0.2) is 18.2 Å². The van der Waals surface area contributed by atoms with Gasteiger partial charge in [0, 0.05) is 10.5 Å². The van der Waals surface area contributed by atoms with Crippen molar-refractivity contribution >= 4 is 24.2 Å². The molecule has 1 saturated heterocycles. The third-order valence-corrected chi connectivity index (χ3v) is 5.91. The van der Waals surface area contributed by atoms with Crippen LogP contribution in [-0.2, 0) is 9.31 Å². The molecule has 0 spiro atoms. The number of hydrogen-bond acceptors (Lipinski definition) is 3.